The molecule has 1 aromatic carbocycles. The van der Waals surface area contributed by atoms with E-state index in [4.69, 9.17) is 0 Å². The number of rotatable bonds is 3. The molecule has 0 atom stereocenters. The summed E-state index contributed by atoms with van der Waals surface area (Å²) in [6.07, 6.45) is -4.17. The SMILES string of the molecule is O=C(Nc1cccc(S(=O)(=O)F)c1)c1ccoc1C(F)(F)F. The number of hydrogen-bond donors (Lipinski definition) is 1. The number of anilines is 1. The highest BCUT2D eigenvalue weighted by Crippen LogP contribution is 2.33. The molecule has 0 saturated carbocycles. The molecule has 0 unspecified atom stereocenters. The monoisotopic (exact) mass is 337 g/mol. The van der Waals surface area contributed by atoms with E-state index < -0.39 is 38.5 Å². The van der Waals surface area contributed by atoms with Crippen LogP contribution in [0.15, 0.2) is 45.9 Å². The van der Waals surface area contributed by atoms with Gasteiger partial charge < -0.3 is 9.73 Å². The maximum atomic E-state index is 12.8. The quantitative estimate of drug-likeness (QED) is 0.689. The van der Waals surface area contributed by atoms with Crippen LogP contribution in [0.3, 0.4) is 0 Å². The Labute approximate surface area is 121 Å². The summed E-state index contributed by atoms with van der Waals surface area (Å²) in [7, 11) is -5.00. The lowest BCUT2D eigenvalue weighted by molar-refractivity contribution is -0.153. The lowest BCUT2D eigenvalue weighted by Crippen LogP contribution is -2.17. The predicted octanol–water partition coefficient (Wildman–Crippen LogP) is 3.21. The summed E-state index contributed by atoms with van der Waals surface area (Å²) in [6.45, 7) is 0. The second-order valence-corrected chi connectivity index (χ2v) is 5.43. The summed E-state index contributed by atoms with van der Waals surface area (Å²) in [5.41, 5.74) is -0.959. The summed E-state index contributed by atoms with van der Waals surface area (Å²) in [6, 6.07) is 4.85. The van der Waals surface area contributed by atoms with Crippen LogP contribution in [0.4, 0.5) is 22.7 Å². The summed E-state index contributed by atoms with van der Waals surface area (Å²) < 4.78 is 76.3. The van der Waals surface area contributed by atoms with Crippen LogP contribution in [0, 0.1) is 0 Å². The van der Waals surface area contributed by atoms with Gasteiger partial charge in [-0.15, -0.1) is 3.89 Å². The van der Waals surface area contributed by atoms with E-state index in [9.17, 15) is 30.3 Å². The first-order valence-electron chi connectivity index (χ1n) is 5.60. The molecular formula is C12H7F4NO4S. The van der Waals surface area contributed by atoms with Crippen molar-refractivity contribution in [1.29, 1.82) is 0 Å². The molecule has 0 aliphatic heterocycles. The molecule has 118 valence electrons. The summed E-state index contributed by atoms with van der Waals surface area (Å²) >= 11 is 0. The second kappa shape index (κ2) is 5.44. The number of alkyl halides is 3. The first kappa shape index (κ1) is 16.0. The van der Waals surface area contributed by atoms with E-state index in [1.807, 2.05) is 5.32 Å². The minimum atomic E-state index is -5.00. The molecule has 0 aliphatic rings. The minimum Gasteiger partial charge on any atom is -0.459 e. The second-order valence-electron chi connectivity index (χ2n) is 4.08. The average Bonchev–Trinajstić information content (AvgIpc) is 2.87. The number of furan rings is 1. The molecule has 10 heteroatoms. The van der Waals surface area contributed by atoms with Gasteiger partial charge in [-0.3, -0.25) is 4.79 Å². The van der Waals surface area contributed by atoms with Crippen molar-refractivity contribution >= 4 is 21.8 Å². The van der Waals surface area contributed by atoms with Crippen molar-refractivity contribution in [3.05, 3.63) is 47.9 Å². The van der Waals surface area contributed by atoms with Crippen molar-refractivity contribution in [1.82, 2.24) is 0 Å². The van der Waals surface area contributed by atoms with Gasteiger partial charge in [0, 0.05) is 5.69 Å². The van der Waals surface area contributed by atoms with E-state index in [2.05, 4.69) is 4.42 Å². The van der Waals surface area contributed by atoms with Crippen molar-refractivity contribution in [2.75, 3.05) is 5.32 Å². The Morgan fingerprint density at radius 2 is 1.86 bits per heavy atom. The van der Waals surface area contributed by atoms with E-state index in [0.29, 0.717) is 6.26 Å². The lowest BCUT2D eigenvalue weighted by Gasteiger charge is -2.08. The Morgan fingerprint density at radius 1 is 1.18 bits per heavy atom. The molecule has 0 aliphatic carbocycles. The van der Waals surface area contributed by atoms with Crippen molar-refractivity contribution in [3.63, 3.8) is 0 Å². The van der Waals surface area contributed by atoms with Gasteiger partial charge in [-0.05, 0) is 24.3 Å². The molecule has 1 aromatic heterocycles. The Bertz CT molecular complexity index is 811. The molecule has 2 aromatic rings. The average molecular weight is 337 g/mol. The highest BCUT2D eigenvalue weighted by molar-refractivity contribution is 7.86. The van der Waals surface area contributed by atoms with Gasteiger partial charge in [0.25, 0.3) is 5.91 Å². The third kappa shape index (κ3) is 3.45. The molecule has 1 heterocycles. The zero-order valence-corrected chi connectivity index (χ0v) is 11.3. The molecule has 0 fully saturated rings. The number of carbonyl (C=O) groups excluding carboxylic acids is 1. The largest absolute Gasteiger partial charge is 0.459 e. The van der Waals surface area contributed by atoms with Gasteiger partial charge in [0.1, 0.15) is 4.90 Å². The third-order valence-corrected chi connectivity index (χ3v) is 3.36. The third-order valence-electron chi connectivity index (χ3n) is 2.54. The molecule has 1 N–H and O–H groups in total. The van der Waals surface area contributed by atoms with E-state index in [1.165, 1.54) is 6.07 Å². The van der Waals surface area contributed by atoms with E-state index in [0.717, 1.165) is 24.3 Å². The maximum Gasteiger partial charge on any atom is 0.450 e. The van der Waals surface area contributed by atoms with Crippen LogP contribution in [0.25, 0.3) is 0 Å². The summed E-state index contributed by atoms with van der Waals surface area (Å²) in [5.74, 6) is -2.66. The standard InChI is InChI=1S/C12H7F4NO4S/c13-12(14,15)10-9(4-5-21-10)11(18)17-7-2-1-3-8(6-7)22(16,19)20/h1-6H,(H,17,18). The molecule has 2 rings (SSSR count). The van der Waals surface area contributed by atoms with Crippen molar-refractivity contribution in [2.24, 2.45) is 0 Å². The minimum absolute atomic E-state index is 0.182. The maximum absolute atomic E-state index is 12.8. The van der Waals surface area contributed by atoms with E-state index in [1.54, 1.807) is 0 Å². The molecule has 0 saturated heterocycles. The lowest BCUT2D eigenvalue weighted by atomic mass is 10.2. The van der Waals surface area contributed by atoms with Crippen LogP contribution in [-0.4, -0.2) is 14.3 Å². The fourth-order valence-electron chi connectivity index (χ4n) is 1.63. The van der Waals surface area contributed by atoms with Gasteiger partial charge in [0.15, 0.2) is 0 Å². The number of hydrogen-bond acceptors (Lipinski definition) is 4. The zero-order chi connectivity index (χ0) is 16.5. The van der Waals surface area contributed by atoms with Crippen molar-refractivity contribution in [2.45, 2.75) is 11.1 Å². The molecule has 0 radical (unpaired) electrons. The number of benzene rings is 1. The van der Waals surface area contributed by atoms with Crippen molar-refractivity contribution < 1.29 is 34.7 Å². The number of amides is 1. The molecule has 0 bridgehead atoms. The van der Waals surface area contributed by atoms with Crippen molar-refractivity contribution in [3.8, 4) is 0 Å². The van der Waals surface area contributed by atoms with Crippen LogP contribution in [-0.2, 0) is 16.4 Å². The molecule has 1 amide bonds. The van der Waals surface area contributed by atoms with Crippen LogP contribution >= 0.6 is 0 Å². The van der Waals surface area contributed by atoms with E-state index >= 15 is 0 Å². The van der Waals surface area contributed by atoms with Gasteiger partial charge in [0.05, 0.1) is 11.8 Å². The first-order valence-corrected chi connectivity index (χ1v) is 6.98. The smallest absolute Gasteiger partial charge is 0.450 e. The molecule has 22 heavy (non-hydrogen) atoms. The molecule has 0 spiro atoms. The normalized spacial score (nSPS) is 12.2. The Hall–Kier alpha value is -2.36. The molecule has 5 nitrogen and oxygen atoms in total. The van der Waals surface area contributed by atoms with Gasteiger partial charge in [-0.25, -0.2) is 0 Å². The van der Waals surface area contributed by atoms with Crippen LogP contribution < -0.4 is 5.32 Å². The number of halogens is 4. The molecular weight excluding hydrogens is 330 g/mol. The highest BCUT2D eigenvalue weighted by atomic mass is 32.3. The Kier molecular flexibility index (Phi) is 3.96. The number of nitrogens with one attached hydrogen (secondary N) is 1. The predicted molar refractivity (Wildman–Crippen MR) is 66.4 cm³/mol. The van der Waals surface area contributed by atoms with Gasteiger partial charge in [-0.2, -0.15) is 21.6 Å². The number of carbonyl (C=O) groups is 1. The van der Waals surface area contributed by atoms with Gasteiger partial charge >= 0.3 is 16.4 Å². The highest BCUT2D eigenvalue weighted by Gasteiger charge is 2.39. The first-order chi connectivity index (χ1) is 10.1. The van der Waals surface area contributed by atoms with Gasteiger partial charge in [-0.1, -0.05) is 6.07 Å². The van der Waals surface area contributed by atoms with Crippen LogP contribution in [0.1, 0.15) is 16.1 Å². The van der Waals surface area contributed by atoms with Crippen LogP contribution in [0.5, 0.6) is 0 Å². The fourth-order valence-corrected chi connectivity index (χ4v) is 2.14. The van der Waals surface area contributed by atoms with Crippen LogP contribution in [0.2, 0.25) is 0 Å². The zero-order valence-electron chi connectivity index (χ0n) is 10.5. The summed E-state index contributed by atoms with van der Waals surface area (Å²) in [5, 5.41) is 2.04. The fraction of sp³-hybridized carbons (Fsp3) is 0.0833. The Morgan fingerprint density at radius 3 is 2.45 bits per heavy atom. The summed E-state index contributed by atoms with van der Waals surface area (Å²) in [4.78, 5) is 11.1. The Balaban J connectivity index is 2.29. The van der Waals surface area contributed by atoms with E-state index in [-0.39, 0.29) is 5.69 Å². The topological polar surface area (TPSA) is 76.4 Å². The van der Waals surface area contributed by atoms with Gasteiger partial charge in [0.2, 0.25) is 5.76 Å².